The van der Waals surface area contributed by atoms with E-state index in [4.69, 9.17) is 22.5 Å². The number of nitrogens with one attached hydrogen (secondary N) is 1. The zero-order valence-corrected chi connectivity index (χ0v) is 11.5. The largest absolute Gasteiger partial charge is 0.419 e. The zero-order chi connectivity index (χ0) is 10.9. The summed E-state index contributed by atoms with van der Waals surface area (Å²) < 4.78 is 37.7. The third kappa shape index (κ3) is 9.18. The highest BCUT2D eigenvalue weighted by Gasteiger charge is 2.25. The van der Waals surface area contributed by atoms with Gasteiger partial charge in [-0.25, -0.2) is 0 Å². The Kier molecular flexibility index (Phi) is 4.44. The Balaban J connectivity index is 4.90. The molecule has 1 N–H and O–H groups in total. The van der Waals surface area contributed by atoms with E-state index in [0.717, 1.165) is 0 Å². The van der Waals surface area contributed by atoms with E-state index < -0.39 is 24.6 Å². The van der Waals surface area contributed by atoms with Crippen molar-refractivity contribution in [2.24, 2.45) is 4.15 Å². The van der Waals surface area contributed by atoms with Gasteiger partial charge in [0, 0.05) is 0 Å². The van der Waals surface area contributed by atoms with Crippen LogP contribution in [0, 0.1) is 0 Å². The predicted molar refractivity (Wildman–Crippen MR) is 57.6 cm³/mol. The molecule has 4 nitrogen and oxygen atoms in total. The molecule has 0 rings (SSSR count). The monoisotopic (exact) mass is 286 g/mol. The summed E-state index contributed by atoms with van der Waals surface area (Å²) in [6.07, 6.45) is 0. The Morgan fingerprint density at radius 3 is 2.00 bits per heavy atom. The Labute approximate surface area is 87.9 Å². The molecule has 0 heterocycles. The van der Waals surface area contributed by atoms with E-state index in [2.05, 4.69) is 8.90 Å². The summed E-state index contributed by atoms with van der Waals surface area (Å²) in [5.41, 5.74) is 0. The second kappa shape index (κ2) is 4.16. The van der Waals surface area contributed by atoms with Crippen molar-refractivity contribution in [3.8, 4) is 0 Å². The Bertz CT molecular complexity index is 334. The van der Waals surface area contributed by atoms with Crippen LogP contribution in [0.5, 0.6) is 0 Å². The summed E-state index contributed by atoms with van der Waals surface area (Å²) in [6.45, 7) is 5.52. The lowest BCUT2D eigenvalue weighted by atomic mass is 11.8. The molecule has 0 aromatic rings. The van der Waals surface area contributed by atoms with E-state index in [0.29, 0.717) is 0 Å². The van der Waals surface area contributed by atoms with E-state index >= 15 is 0 Å². The number of halogens is 3. The lowest BCUT2D eigenvalue weighted by molar-refractivity contribution is 0.555. The fourth-order valence-electron chi connectivity index (χ4n) is 0.546. The van der Waals surface area contributed by atoms with Gasteiger partial charge in [0.2, 0.25) is 5.91 Å². The van der Waals surface area contributed by atoms with E-state index in [1.165, 1.54) is 0 Å². The predicted octanol–water partition coefficient (Wildman–Crippen LogP) is 3.05. The van der Waals surface area contributed by atoms with Gasteiger partial charge in [0.15, 0.2) is 0 Å². The summed E-state index contributed by atoms with van der Waals surface area (Å²) in [5.74, 6) is -3.27. The highest BCUT2D eigenvalue weighted by atomic mass is 35.9. The van der Waals surface area contributed by atoms with E-state index in [1.54, 1.807) is 0 Å². The fourth-order valence-corrected chi connectivity index (χ4v) is 11.2. The quantitative estimate of drug-likeness (QED) is 0.493. The normalized spacial score (nSPS) is 14.3. The molecule has 0 aliphatic carbocycles. The number of rotatable bonds is 3. The van der Waals surface area contributed by atoms with Crippen molar-refractivity contribution in [1.82, 2.24) is 4.75 Å². The minimum atomic E-state index is -4.98. The molecule has 0 bridgehead atoms. The van der Waals surface area contributed by atoms with Crippen molar-refractivity contribution in [2.75, 3.05) is 0 Å². The van der Waals surface area contributed by atoms with E-state index in [1.807, 2.05) is 19.6 Å². The van der Waals surface area contributed by atoms with Crippen molar-refractivity contribution in [3.63, 3.8) is 0 Å². The Hall–Kier alpha value is 0.867. The van der Waals surface area contributed by atoms with Crippen molar-refractivity contribution >= 4 is 47.0 Å². The maximum absolute atomic E-state index is 12.1. The average molecular weight is 287 g/mol. The highest BCUT2D eigenvalue weighted by molar-refractivity contribution is 8.13. The first-order valence-electron chi connectivity index (χ1n) is 3.18. The summed E-state index contributed by atoms with van der Waals surface area (Å²) in [5, 5.41) is 0. The SMILES string of the molecule is C[Si](C)(C)NP(Cl)(Cl)=NS(=O)(=O)F. The van der Waals surface area contributed by atoms with Gasteiger partial charge in [-0.05, 0) is 22.5 Å². The summed E-state index contributed by atoms with van der Waals surface area (Å²) in [7, 11) is -6.87. The number of hydrogen-bond acceptors (Lipinski definition) is 2. The third-order valence-electron chi connectivity index (χ3n) is 0.670. The van der Waals surface area contributed by atoms with Crippen LogP contribution in [-0.4, -0.2) is 16.7 Å². The summed E-state index contributed by atoms with van der Waals surface area (Å²) in [6, 6.07) is 0. The lowest BCUT2D eigenvalue weighted by Crippen LogP contribution is -2.36. The second-order valence-corrected chi connectivity index (χ2v) is 14.6. The molecule has 80 valence electrons. The molecule has 0 aromatic heterocycles. The van der Waals surface area contributed by atoms with Gasteiger partial charge in [0.05, 0.1) is 0 Å². The molecule has 0 amide bonds. The summed E-state index contributed by atoms with van der Waals surface area (Å²) in [4.78, 5) is 0. The number of nitrogens with zero attached hydrogens (tertiary/aromatic N) is 1. The molecule has 0 aromatic carbocycles. The lowest BCUT2D eigenvalue weighted by Gasteiger charge is -2.21. The molecule has 0 saturated carbocycles. The van der Waals surface area contributed by atoms with Crippen LogP contribution in [0.15, 0.2) is 4.15 Å². The molecule has 0 aliphatic heterocycles. The number of hydrogen-bond donors (Lipinski definition) is 1. The highest BCUT2D eigenvalue weighted by Crippen LogP contribution is 2.58. The Morgan fingerprint density at radius 2 is 1.77 bits per heavy atom. The van der Waals surface area contributed by atoms with Crippen molar-refractivity contribution in [2.45, 2.75) is 19.6 Å². The van der Waals surface area contributed by atoms with Crippen LogP contribution in [0.4, 0.5) is 3.89 Å². The fraction of sp³-hybridized carbons (Fsp3) is 1.00. The van der Waals surface area contributed by atoms with Crippen molar-refractivity contribution < 1.29 is 12.3 Å². The maximum Gasteiger partial charge on any atom is 0.419 e. The minimum absolute atomic E-state index is 1.84. The molecule has 10 heteroatoms. The molecular weight excluding hydrogens is 277 g/mol. The van der Waals surface area contributed by atoms with Gasteiger partial charge in [-0.3, -0.25) is 4.75 Å². The minimum Gasteiger partial charge on any atom is -0.280 e. The van der Waals surface area contributed by atoms with Gasteiger partial charge >= 0.3 is 10.4 Å². The molecule has 0 spiro atoms. The van der Waals surface area contributed by atoms with Crippen molar-refractivity contribution in [3.05, 3.63) is 0 Å². The standard InChI is InChI=1S/C3H10Cl2FN2O2PSSi/c1-13(2,3)8-11(4,5)7-12(6,9)10/h8H,1-3H3. The van der Waals surface area contributed by atoms with Gasteiger partial charge in [-0.15, -0.1) is 4.15 Å². The molecule has 0 atom stereocenters. The van der Waals surface area contributed by atoms with Crippen LogP contribution in [-0.2, 0) is 10.4 Å². The van der Waals surface area contributed by atoms with Crippen LogP contribution in [0.25, 0.3) is 0 Å². The third-order valence-corrected chi connectivity index (χ3v) is 8.66. The molecular formula is C3H10Cl2FN2O2PSSi. The van der Waals surface area contributed by atoms with E-state index in [9.17, 15) is 12.3 Å². The van der Waals surface area contributed by atoms with Crippen LogP contribution in [0.3, 0.4) is 0 Å². The van der Waals surface area contributed by atoms with Gasteiger partial charge < -0.3 is 0 Å². The topological polar surface area (TPSA) is 58.5 Å². The molecule has 13 heavy (non-hydrogen) atoms. The second-order valence-electron chi connectivity index (χ2n) is 3.34. The van der Waals surface area contributed by atoms with Gasteiger partial charge in [0.25, 0.3) is 0 Å². The summed E-state index contributed by atoms with van der Waals surface area (Å²) >= 11 is 11.0. The van der Waals surface area contributed by atoms with Gasteiger partial charge in [0.1, 0.15) is 8.24 Å². The van der Waals surface area contributed by atoms with E-state index in [-0.39, 0.29) is 0 Å². The van der Waals surface area contributed by atoms with Crippen LogP contribution >= 0.6 is 28.4 Å². The zero-order valence-electron chi connectivity index (χ0n) is 7.25. The molecule has 0 saturated heterocycles. The molecule has 0 radical (unpaired) electrons. The molecule has 0 aliphatic rings. The maximum atomic E-state index is 12.1. The van der Waals surface area contributed by atoms with Crippen LogP contribution in [0.2, 0.25) is 19.6 Å². The van der Waals surface area contributed by atoms with Gasteiger partial charge in [-0.2, -0.15) is 8.42 Å². The van der Waals surface area contributed by atoms with Crippen LogP contribution < -0.4 is 4.75 Å². The van der Waals surface area contributed by atoms with Gasteiger partial charge in [-0.1, -0.05) is 23.5 Å². The Morgan fingerprint density at radius 1 is 1.38 bits per heavy atom. The smallest absolute Gasteiger partial charge is 0.280 e. The first kappa shape index (κ1) is 13.9. The van der Waals surface area contributed by atoms with Crippen molar-refractivity contribution in [1.29, 1.82) is 0 Å². The average Bonchev–Trinajstić information content (AvgIpc) is 1.43. The first-order chi connectivity index (χ1) is 5.41. The van der Waals surface area contributed by atoms with Crippen LogP contribution in [0.1, 0.15) is 0 Å². The first-order valence-corrected chi connectivity index (χ1v) is 11.6. The molecule has 0 fully saturated rings. The molecule has 0 unspecified atom stereocenters.